The van der Waals surface area contributed by atoms with Crippen molar-refractivity contribution in [3.8, 4) is 5.75 Å². The molecule has 0 aliphatic carbocycles. The number of nitrogens with zero attached hydrogens (tertiary/aromatic N) is 1. The van der Waals surface area contributed by atoms with Crippen LogP contribution in [0.15, 0.2) is 59.2 Å². The molecule has 2 heterocycles. The highest BCUT2D eigenvalue weighted by Gasteiger charge is 2.30. The van der Waals surface area contributed by atoms with Crippen molar-refractivity contribution in [2.24, 2.45) is 0 Å². The van der Waals surface area contributed by atoms with Crippen LogP contribution in [0.1, 0.15) is 21.5 Å². The lowest BCUT2D eigenvalue weighted by Crippen LogP contribution is -2.12. The van der Waals surface area contributed by atoms with Gasteiger partial charge in [0.2, 0.25) is 5.88 Å². The van der Waals surface area contributed by atoms with Gasteiger partial charge < -0.3 is 9.15 Å². The Balaban J connectivity index is 2.02. The summed E-state index contributed by atoms with van der Waals surface area (Å²) in [4.78, 5) is 14.3. The molecule has 4 nitrogen and oxygen atoms in total. The molecule has 23 heavy (non-hydrogen) atoms. The Morgan fingerprint density at radius 1 is 0.957 bits per heavy atom. The maximum atomic E-state index is 12.4. The fourth-order valence-corrected chi connectivity index (χ4v) is 2.93. The van der Waals surface area contributed by atoms with Crippen molar-refractivity contribution in [2.45, 2.75) is 13.8 Å². The number of hydrogen-bond donors (Lipinski definition) is 0. The van der Waals surface area contributed by atoms with E-state index in [1.807, 2.05) is 42.2 Å². The SMILES string of the molecule is Cc1ccc(N2c3ccccc3C(=O)Oc3ccoc32)c(C)c1. The Hall–Kier alpha value is -3.01. The molecule has 1 aliphatic heterocycles. The second kappa shape index (κ2) is 5.02. The maximum Gasteiger partial charge on any atom is 0.345 e. The monoisotopic (exact) mass is 305 g/mol. The molecule has 0 saturated carbocycles. The van der Waals surface area contributed by atoms with Crippen molar-refractivity contribution in [1.29, 1.82) is 0 Å². The van der Waals surface area contributed by atoms with Crippen LogP contribution < -0.4 is 9.64 Å². The van der Waals surface area contributed by atoms with Gasteiger partial charge >= 0.3 is 5.97 Å². The molecule has 3 aromatic rings. The molecule has 1 aliphatic rings. The second-order valence-corrected chi connectivity index (χ2v) is 5.62. The molecule has 2 aromatic carbocycles. The highest BCUT2D eigenvalue weighted by Crippen LogP contribution is 2.45. The number of esters is 1. The van der Waals surface area contributed by atoms with Crippen LogP contribution >= 0.6 is 0 Å². The Morgan fingerprint density at radius 2 is 1.78 bits per heavy atom. The molecule has 1 aromatic heterocycles. The number of rotatable bonds is 1. The number of aryl methyl sites for hydroxylation is 2. The molecule has 114 valence electrons. The van der Waals surface area contributed by atoms with Gasteiger partial charge in [0.1, 0.15) is 0 Å². The summed E-state index contributed by atoms with van der Waals surface area (Å²) in [6.45, 7) is 4.10. The zero-order chi connectivity index (χ0) is 16.0. The van der Waals surface area contributed by atoms with Gasteiger partial charge in [0.05, 0.1) is 23.2 Å². The number of furan rings is 1. The van der Waals surface area contributed by atoms with Crippen molar-refractivity contribution < 1.29 is 13.9 Å². The summed E-state index contributed by atoms with van der Waals surface area (Å²) in [6.07, 6.45) is 1.53. The number of carbonyl (C=O) groups is 1. The fourth-order valence-electron chi connectivity index (χ4n) is 2.93. The summed E-state index contributed by atoms with van der Waals surface area (Å²) < 4.78 is 11.1. The van der Waals surface area contributed by atoms with Gasteiger partial charge in [-0.3, -0.25) is 4.90 Å². The maximum absolute atomic E-state index is 12.4. The normalized spacial score (nSPS) is 13.1. The fraction of sp³-hybridized carbons (Fsp3) is 0.105. The molecule has 0 fully saturated rings. The summed E-state index contributed by atoms with van der Waals surface area (Å²) in [6, 6.07) is 15.2. The molecule has 4 rings (SSSR count). The second-order valence-electron chi connectivity index (χ2n) is 5.62. The van der Waals surface area contributed by atoms with Gasteiger partial charge in [-0.15, -0.1) is 0 Å². The Kier molecular flexibility index (Phi) is 2.98. The molecule has 0 spiro atoms. The number of fused-ring (bicyclic) bond motifs is 2. The predicted molar refractivity (Wildman–Crippen MR) is 87.8 cm³/mol. The summed E-state index contributed by atoms with van der Waals surface area (Å²) in [7, 11) is 0. The molecule has 0 amide bonds. The Labute approximate surface area is 133 Å². The quantitative estimate of drug-likeness (QED) is 0.600. The number of carbonyl (C=O) groups excluding carboxylic acids is 1. The lowest BCUT2D eigenvalue weighted by Gasteiger charge is -2.24. The third kappa shape index (κ3) is 2.11. The number of ether oxygens (including phenoxy) is 1. The Bertz CT molecular complexity index is 910. The molecule has 4 heteroatoms. The highest BCUT2D eigenvalue weighted by molar-refractivity contribution is 6.02. The number of hydrogen-bond acceptors (Lipinski definition) is 4. The summed E-state index contributed by atoms with van der Waals surface area (Å²) in [5, 5.41) is 0. The van der Waals surface area contributed by atoms with Gasteiger partial charge in [0.25, 0.3) is 0 Å². The van der Waals surface area contributed by atoms with E-state index >= 15 is 0 Å². The van der Waals surface area contributed by atoms with Crippen LogP contribution in [0.25, 0.3) is 0 Å². The van der Waals surface area contributed by atoms with Crippen LogP contribution in [0, 0.1) is 13.8 Å². The molecular formula is C19H15NO3. The van der Waals surface area contributed by atoms with E-state index < -0.39 is 0 Å². The van der Waals surface area contributed by atoms with Gasteiger partial charge in [0, 0.05) is 6.07 Å². The zero-order valence-electron chi connectivity index (χ0n) is 12.9. The molecule has 0 saturated heterocycles. The van der Waals surface area contributed by atoms with Crippen LogP contribution in [0.5, 0.6) is 5.75 Å². The van der Waals surface area contributed by atoms with Crippen molar-refractivity contribution in [3.63, 3.8) is 0 Å². The highest BCUT2D eigenvalue weighted by atomic mass is 16.5. The van der Waals surface area contributed by atoms with E-state index in [2.05, 4.69) is 13.0 Å². The summed E-state index contributed by atoms with van der Waals surface area (Å²) in [5.41, 5.74) is 4.49. The number of anilines is 3. The van der Waals surface area contributed by atoms with Crippen molar-refractivity contribution in [2.75, 3.05) is 4.90 Å². The molecule has 0 unspecified atom stereocenters. The van der Waals surface area contributed by atoms with E-state index in [-0.39, 0.29) is 5.97 Å². The van der Waals surface area contributed by atoms with E-state index in [0.29, 0.717) is 17.2 Å². The van der Waals surface area contributed by atoms with Crippen LogP contribution in [0.2, 0.25) is 0 Å². The van der Waals surface area contributed by atoms with Crippen LogP contribution in [0.4, 0.5) is 17.3 Å². The lowest BCUT2D eigenvalue weighted by atomic mass is 10.1. The standard InChI is InChI=1S/C19H15NO3/c1-12-7-8-15(13(2)11-12)20-16-6-4-3-5-14(16)19(21)23-17-9-10-22-18(17)20/h3-11H,1-2H3. The molecular weight excluding hydrogens is 290 g/mol. The first-order chi connectivity index (χ1) is 11.1. The number of benzene rings is 2. The minimum Gasteiger partial charge on any atom is -0.445 e. The zero-order valence-corrected chi connectivity index (χ0v) is 12.9. The number of para-hydroxylation sites is 1. The minimum atomic E-state index is -0.379. The summed E-state index contributed by atoms with van der Waals surface area (Å²) >= 11 is 0. The smallest absolute Gasteiger partial charge is 0.345 e. The van der Waals surface area contributed by atoms with Crippen LogP contribution in [-0.4, -0.2) is 5.97 Å². The molecule has 0 bridgehead atoms. The van der Waals surface area contributed by atoms with Gasteiger partial charge in [-0.25, -0.2) is 4.79 Å². The van der Waals surface area contributed by atoms with Crippen molar-refractivity contribution >= 4 is 23.2 Å². The van der Waals surface area contributed by atoms with Crippen molar-refractivity contribution in [1.82, 2.24) is 0 Å². The van der Waals surface area contributed by atoms with Gasteiger partial charge in [0.15, 0.2) is 5.75 Å². The lowest BCUT2D eigenvalue weighted by molar-refractivity contribution is 0.0738. The molecule has 0 atom stereocenters. The van der Waals surface area contributed by atoms with Crippen molar-refractivity contribution in [3.05, 3.63) is 71.5 Å². The average molecular weight is 305 g/mol. The summed E-state index contributed by atoms with van der Waals surface area (Å²) in [5.74, 6) is 0.553. The van der Waals surface area contributed by atoms with E-state index in [0.717, 1.165) is 16.9 Å². The van der Waals surface area contributed by atoms with Gasteiger partial charge in [-0.1, -0.05) is 29.8 Å². The van der Waals surface area contributed by atoms with Gasteiger partial charge in [-0.05, 0) is 37.6 Å². The molecule has 0 N–H and O–H groups in total. The Morgan fingerprint density at radius 3 is 2.61 bits per heavy atom. The first-order valence-electron chi connectivity index (χ1n) is 7.41. The third-order valence-electron chi connectivity index (χ3n) is 3.97. The predicted octanol–water partition coefficient (Wildman–Crippen LogP) is 4.90. The van der Waals surface area contributed by atoms with E-state index in [4.69, 9.17) is 9.15 Å². The van der Waals surface area contributed by atoms with Gasteiger partial charge in [-0.2, -0.15) is 0 Å². The van der Waals surface area contributed by atoms with E-state index in [1.165, 1.54) is 11.8 Å². The molecule has 0 radical (unpaired) electrons. The minimum absolute atomic E-state index is 0.379. The topological polar surface area (TPSA) is 42.7 Å². The third-order valence-corrected chi connectivity index (χ3v) is 3.97. The van der Waals surface area contributed by atoms with E-state index in [9.17, 15) is 4.79 Å². The largest absolute Gasteiger partial charge is 0.445 e. The van der Waals surface area contributed by atoms with E-state index in [1.54, 1.807) is 12.1 Å². The first-order valence-corrected chi connectivity index (χ1v) is 7.41. The van der Waals surface area contributed by atoms with Crippen LogP contribution in [0.3, 0.4) is 0 Å². The van der Waals surface area contributed by atoms with Crippen LogP contribution in [-0.2, 0) is 0 Å². The first kappa shape index (κ1) is 13.6. The average Bonchev–Trinajstić information content (AvgIpc) is 2.94.